The number of benzene rings is 1. The number of nitrogens with one attached hydrogen (secondary N) is 1. The summed E-state index contributed by atoms with van der Waals surface area (Å²) in [6.07, 6.45) is 3.67. The van der Waals surface area contributed by atoms with Crippen LogP contribution in [-0.2, 0) is 0 Å². The quantitative estimate of drug-likeness (QED) is 0.820. The summed E-state index contributed by atoms with van der Waals surface area (Å²) < 4.78 is 0. The van der Waals surface area contributed by atoms with Gasteiger partial charge in [0.05, 0.1) is 11.9 Å². The highest BCUT2D eigenvalue weighted by Gasteiger charge is 2.01. The third kappa shape index (κ3) is 2.22. The second kappa shape index (κ2) is 4.35. The number of aryl methyl sites for hydroxylation is 3. The number of nitrogens with zero attached hydrogens (tertiary/aromatic N) is 1. The van der Waals surface area contributed by atoms with Crippen molar-refractivity contribution in [2.75, 3.05) is 5.32 Å². The van der Waals surface area contributed by atoms with Gasteiger partial charge in [0.2, 0.25) is 0 Å². The van der Waals surface area contributed by atoms with E-state index in [0.717, 1.165) is 11.4 Å². The molecule has 0 spiro atoms. The fourth-order valence-electron chi connectivity index (χ4n) is 1.61. The molecule has 0 amide bonds. The molecule has 1 heterocycles. The van der Waals surface area contributed by atoms with Crippen LogP contribution >= 0.6 is 0 Å². The number of hydrogen-bond donors (Lipinski definition) is 1. The Morgan fingerprint density at radius 3 is 2.44 bits per heavy atom. The first-order chi connectivity index (χ1) is 7.66. The minimum atomic E-state index is 1.07. The summed E-state index contributed by atoms with van der Waals surface area (Å²) in [6, 6.07) is 8.41. The molecule has 0 saturated heterocycles. The van der Waals surface area contributed by atoms with Crippen molar-refractivity contribution in [1.29, 1.82) is 0 Å². The van der Waals surface area contributed by atoms with Crippen molar-refractivity contribution in [3.05, 3.63) is 53.3 Å². The molecule has 0 aliphatic carbocycles. The molecule has 0 aliphatic heterocycles. The Kier molecular flexibility index (Phi) is 2.91. The molecular formula is C14H16N2. The maximum Gasteiger partial charge on any atom is 0.0600 e. The van der Waals surface area contributed by atoms with Crippen LogP contribution in [-0.4, -0.2) is 4.98 Å². The lowest BCUT2D eigenvalue weighted by molar-refractivity contribution is 1.27. The zero-order chi connectivity index (χ0) is 11.5. The van der Waals surface area contributed by atoms with Gasteiger partial charge in [0, 0.05) is 11.9 Å². The fraction of sp³-hybridized carbons (Fsp3) is 0.214. The Morgan fingerprint density at radius 2 is 1.69 bits per heavy atom. The standard InChI is InChI=1S/C14H16N2/c1-10-4-5-11(2)13(8-10)16-14-9-15-7-6-12(14)3/h4-9,16H,1-3H3. The minimum Gasteiger partial charge on any atom is -0.354 e. The molecule has 0 atom stereocenters. The molecule has 0 unspecified atom stereocenters. The van der Waals surface area contributed by atoms with E-state index in [2.05, 4.69) is 49.3 Å². The van der Waals surface area contributed by atoms with Crippen molar-refractivity contribution in [2.24, 2.45) is 0 Å². The summed E-state index contributed by atoms with van der Waals surface area (Å²) in [5, 5.41) is 3.42. The number of aromatic nitrogens is 1. The van der Waals surface area contributed by atoms with Crippen LogP contribution in [0.25, 0.3) is 0 Å². The van der Waals surface area contributed by atoms with Gasteiger partial charge in [0.25, 0.3) is 0 Å². The predicted octanol–water partition coefficient (Wildman–Crippen LogP) is 3.75. The molecule has 2 nitrogen and oxygen atoms in total. The summed E-state index contributed by atoms with van der Waals surface area (Å²) in [7, 11) is 0. The molecule has 82 valence electrons. The molecule has 0 aliphatic rings. The molecule has 0 fully saturated rings. The summed E-state index contributed by atoms with van der Waals surface area (Å²) in [5.74, 6) is 0. The average molecular weight is 212 g/mol. The summed E-state index contributed by atoms with van der Waals surface area (Å²) >= 11 is 0. The van der Waals surface area contributed by atoms with E-state index in [0.29, 0.717) is 0 Å². The van der Waals surface area contributed by atoms with E-state index in [1.165, 1.54) is 16.7 Å². The van der Waals surface area contributed by atoms with Gasteiger partial charge >= 0.3 is 0 Å². The SMILES string of the molecule is Cc1ccc(C)c(Nc2cnccc2C)c1. The predicted molar refractivity (Wildman–Crippen MR) is 68.2 cm³/mol. The second-order valence-electron chi connectivity index (χ2n) is 4.13. The third-order valence-corrected chi connectivity index (χ3v) is 2.70. The van der Waals surface area contributed by atoms with Crippen molar-refractivity contribution in [3.8, 4) is 0 Å². The van der Waals surface area contributed by atoms with Crippen LogP contribution in [0.1, 0.15) is 16.7 Å². The largest absolute Gasteiger partial charge is 0.354 e. The zero-order valence-electron chi connectivity index (χ0n) is 9.91. The van der Waals surface area contributed by atoms with Gasteiger partial charge in [-0.3, -0.25) is 4.98 Å². The molecule has 16 heavy (non-hydrogen) atoms. The zero-order valence-corrected chi connectivity index (χ0v) is 9.91. The molecule has 0 radical (unpaired) electrons. The van der Waals surface area contributed by atoms with Crippen molar-refractivity contribution in [2.45, 2.75) is 20.8 Å². The van der Waals surface area contributed by atoms with Crippen molar-refractivity contribution in [1.82, 2.24) is 4.98 Å². The normalized spacial score (nSPS) is 10.2. The lowest BCUT2D eigenvalue weighted by atomic mass is 10.1. The first-order valence-electron chi connectivity index (χ1n) is 5.42. The van der Waals surface area contributed by atoms with Gasteiger partial charge in [0.1, 0.15) is 0 Å². The van der Waals surface area contributed by atoms with Gasteiger partial charge in [0.15, 0.2) is 0 Å². The highest BCUT2D eigenvalue weighted by Crippen LogP contribution is 2.23. The third-order valence-electron chi connectivity index (χ3n) is 2.70. The topological polar surface area (TPSA) is 24.9 Å². The number of anilines is 2. The van der Waals surface area contributed by atoms with Gasteiger partial charge in [-0.2, -0.15) is 0 Å². The first-order valence-corrected chi connectivity index (χ1v) is 5.42. The minimum absolute atomic E-state index is 1.07. The summed E-state index contributed by atoms with van der Waals surface area (Å²) in [4.78, 5) is 4.13. The van der Waals surface area contributed by atoms with E-state index < -0.39 is 0 Å². The molecule has 2 aromatic rings. The van der Waals surface area contributed by atoms with Crippen LogP contribution in [0.2, 0.25) is 0 Å². The maximum absolute atomic E-state index is 4.13. The van der Waals surface area contributed by atoms with E-state index in [1.54, 1.807) is 0 Å². The van der Waals surface area contributed by atoms with E-state index in [4.69, 9.17) is 0 Å². The van der Waals surface area contributed by atoms with Crippen LogP contribution in [0.15, 0.2) is 36.7 Å². The Bertz CT molecular complexity index is 504. The van der Waals surface area contributed by atoms with E-state index in [1.807, 2.05) is 18.5 Å². The van der Waals surface area contributed by atoms with Crippen LogP contribution in [0.4, 0.5) is 11.4 Å². The Labute approximate surface area is 96.4 Å². The smallest absolute Gasteiger partial charge is 0.0600 e. The van der Waals surface area contributed by atoms with Gasteiger partial charge < -0.3 is 5.32 Å². The highest BCUT2D eigenvalue weighted by atomic mass is 14.9. The lowest BCUT2D eigenvalue weighted by Crippen LogP contribution is -1.96. The van der Waals surface area contributed by atoms with E-state index >= 15 is 0 Å². The second-order valence-corrected chi connectivity index (χ2v) is 4.13. The van der Waals surface area contributed by atoms with E-state index in [9.17, 15) is 0 Å². The van der Waals surface area contributed by atoms with E-state index in [-0.39, 0.29) is 0 Å². The van der Waals surface area contributed by atoms with Crippen molar-refractivity contribution < 1.29 is 0 Å². The molecule has 2 heteroatoms. The molecule has 1 aromatic heterocycles. The number of hydrogen-bond acceptors (Lipinski definition) is 2. The van der Waals surface area contributed by atoms with Gasteiger partial charge in [-0.1, -0.05) is 12.1 Å². The van der Waals surface area contributed by atoms with Crippen LogP contribution in [0.5, 0.6) is 0 Å². The van der Waals surface area contributed by atoms with Gasteiger partial charge in [-0.25, -0.2) is 0 Å². The maximum atomic E-state index is 4.13. The van der Waals surface area contributed by atoms with Crippen molar-refractivity contribution >= 4 is 11.4 Å². The van der Waals surface area contributed by atoms with Gasteiger partial charge in [-0.05, 0) is 49.6 Å². The number of rotatable bonds is 2. The molecule has 1 N–H and O–H groups in total. The molecule has 2 rings (SSSR count). The molecule has 0 bridgehead atoms. The highest BCUT2D eigenvalue weighted by molar-refractivity contribution is 5.65. The molecular weight excluding hydrogens is 196 g/mol. The fourth-order valence-corrected chi connectivity index (χ4v) is 1.61. The lowest BCUT2D eigenvalue weighted by Gasteiger charge is -2.11. The average Bonchev–Trinajstić information content (AvgIpc) is 2.27. The molecule has 1 aromatic carbocycles. The Balaban J connectivity index is 2.34. The number of pyridine rings is 1. The van der Waals surface area contributed by atoms with Crippen molar-refractivity contribution in [3.63, 3.8) is 0 Å². The monoisotopic (exact) mass is 212 g/mol. The summed E-state index contributed by atoms with van der Waals surface area (Å²) in [5.41, 5.74) is 5.92. The van der Waals surface area contributed by atoms with Crippen LogP contribution < -0.4 is 5.32 Å². The van der Waals surface area contributed by atoms with Crippen LogP contribution in [0, 0.1) is 20.8 Å². The first kappa shape index (κ1) is 10.7. The molecule has 0 saturated carbocycles. The van der Waals surface area contributed by atoms with Crippen LogP contribution in [0.3, 0.4) is 0 Å². The summed E-state index contributed by atoms with van der Waals surface area (Å²) in [6.45, 7) is 6.28. The Morgan fingerprint density at radius 1 is 0.938 bits per heavy atom. The Hall–Kier alpha value is -1.83. The van der Waals surface area contributed by atoms with Gasteiger partial charge in [-0.15, -0.1) is 0 Å².